The summed E-state index contributed by atoms with van der Waals surface area (Å²) in [5.41, 5.74) is 0.545. The number of amides is 1. The molecule has 28 heavy (non-hydrogen) atoms. The lowest BCUT2D eigenvalue weighted by Crippen LogP contribution is -2.50. The number of sulfonamides is 1. The van der Waals surface area contributed by atoms with E-state index in [-0.39, 0.29) is 23.9 Å². The third kappa shape index (κ3) is 3.60. The molecular weight excluding hydrogens is 396 g/mol. The second-order valence-electron chi connectivity index (χ2n) is 6.56. The zero-order valence-electron chi connectivity index (χ0n) is 15.3. The van der Waals surface area contributed by atoms with Gasteiger partial charge in [0.25, 0.3) is 0 Å². The molecule has 0 saturated carbocycles. The fourth-order valence-electron chi connectivity index (χ4n) is 3.23. The fraction of sp³-hybridized carbons (Fsp3) is 0.263. The number of aryl methyl sites for hydroxylation is 1. The van der Waals surface area contributed by atoms with Crippen LogP contribution >= 0.6 is 11.3 Å². The molecule has 1 aliphatic rings. The Hall–Kier alpha value is -2.49. The highest BCUT2D eigenvalue weighted by atomic mass is 32.2. The van der Waals surface area contributed by atoms with Crippen molar-refractivity contribution in [2.45, 2.75) is 11.8 Å². The van der Waals surface area contributed by atoms with Gasteiger partial charge < -0.3 is 9.88 Å². The van der Waals surface area contributed by atoms with Gasteiger partial charge in [0.15, 0.2) is 0 Å². The van der Waals surface area contributed by atoms with Gasteiger partial charge in [-0.25, -0.2) is 13.4 Å². The number of hydrogen-bond donors (Lipinski definition) is 1. The average molecular weight is 417 g/mol. The number of carbonyl (C=O) groups excluding carboxylic acids is 1. The highest BCUT2D eigenvalue weighted by Crippen LogP contribution is 2.25. The van der Waals surface area contributed by atoms with Gasteiger partial charge >= 0.3 is 0 Å². The molecule has 4 rings (SSSR count). The van der Waals surface area contributed by atoms with Crippen LogP contribution < -0.4 is 0 Å². The summed E-state index contributed by atoms with van der Waals surface area (Å²) in [4.78, 5) is 23.6. The first-order valence-electron chi connectivity index (χ1n) is 8.91. The van der Waals surface area contributed by atoms with E-state index in [9.17, 15) is 13.2 Å². The molecule has 1 saturated heterocycles. The summed E-state index contributed by atoms with van der Waals surface area (Å²) in [7, 11) is -3.64. The molecule has 0 radical (unpaired) electrons. The Kier molecular flexibility index (Phi) is 5.05. The number of nitrogens with zero attached hydrogens (tertiary/aromatic N) is 3. The van der Waals surface area contributed by atoms with Crippen LogP contribution in [0.1, 0.15) is 9.75 Å². The number of fused-ring (bicyclic) bond motifs is 1. The standard InChI is InChI=1S/C19H20N4O3S2/c1-14-4-5-15(27-14)6-7-18(24)22-9-11-23(12-10-22)28(25,26)17-13-21-19-16(17)3-2-8-20-19/h2-8,13H,9-12H2,1H3,(H,20,21). The monoisotopic (exact) mass is 416 g/mol. The Balaban J connectivity index is 1.43. The largest absolute Gasteiger partial charge is 0.345 e. The lowest BCUT2D eigenvalue weighted by Gasteiger charge is -2.33. The molecule has 0 atom stereocenters. The predicted molar refractivity (Wildman–Crippen MR) is 110 cm³/mol. The fourth-order valence-corrected chi connectivity index (χ4v) is 5.59. The smallest absolute Gasteiger partial charge is 0.246 e. The van der Waals surface area contributed by atoms with Crippen molar-refractivity contribution in [2.75, 3.05) is 26.2 Å². The molecule has 9 heteroatoms. The number of hydrogen-bond acceptors (Lipinski definition) is 5. The Morgan fingerprint density at radius 3 is 2.71 bits per heavy atom. The van der Waals surface area contributed by atoms with Crippen molar-refractivity contribution in [3.63, 3.8) is 0 Å². The lowest BCUT2D eigenvalue weighted by molar-refractivity contribution is -0.127. The SMILES string of the molecule is Cc1ccc(C=CC(=O)N2CCN(S(=O)(=O)c3c[nH]c4ncccc34)CC2)s1. The zero-order chi connectivity index (χ0) is 19.7. The van der Waals surface area contributed by atoms with Crippen LogP contribution in [0.3, 0.4) is 0 Å². The van der Waals surface area contributed by atoms with E-state index >= 15 is 0 Å². The molecule has 0 aromatic carbocycles. The van der Waals surface area contributed by atoms with Crippen LogP contribution in [0.5, 0.6) is 0 Å². The number of pyridine rings is 1. The van der Waals surface area contributed by atoms with Crippen LogP contribution in [0.2, 0.25) is 0 Å². The van der Waals surface area contributed by atoms with E-state index < -0.39 is 10.0 Å². The summed E-state index contributed by atoms with van der Waals surface area (Å²) in [5.74, 6) is -0.0978. The summed E-state index contributed by atoms with van der Waals surface area (Å²) in [6.07, 6.45) is 6.46. The second-order valence-corrected chi connectivity index (χ2v) is 9.79. The molecular formula is C19H20N4O3S2. The van der Waals surface area contributed by atoms with E-state index in [0.29, 0.717) is 24.1 Å². The molecule has 146 valence electrons. The summed E-state index contributed by atoms with van der Waals surface area (Å²) < 4.78 is 27.5. The van der Waals surface area contributed by atoms with Crippen LogP contribution in [0.15, 0.2) is 47.6 Å². The van der Waals surface area contributed by atoms with Crippen molar-refractivity contribution >= 4 is 44.4 Å². The molecule has 3 aromatic heterocycles. The number of carbonyl (C=O) groups is 1. The Bertz CT molecular complexity index is 1140. The van der Waals surface area contributed by atoms with Crippen molar-refractivity contribution in [3.05, 3.63) is 52.5 Å². The molecule has 0 aliphatic carbocycles. The van der Waals surface area contributed by atoms with Crippen LogP contribution in [0, 0.1) is 6.92 Å². The Morgan fingerprint density at radius 1 is 1.21 bits per heavy atom. The molecule has 1 aliphatic heterocycles. The summed E-state index contributed by atoms with van der Waals surface area (Å²) in [5, 5.41) is 0.579. The van der Waals surface area contributed by atoms with Crippen LogP contribution in [-0.2, 0) is 14.8 Å². The Morgan fingerprint density at radius 2 is 2.00 bits per heavy atom. The number of thiophene rings is 1. The van der Waals surface area contributed by atoms with Gasteiger partial charge in [-0.05, 0) is 37.3 Å². The van der Waals surface area contributed by atoms with E-state index in [1.807, 2.05) is 25.1 Å². The van der Waals surface area contributed by atoms with Gasteiger partial charge in [-0.1, -0.05) is 0 Å². The first-order chi connectivity index (χ1) is 13.4. The first kappa shape index (κ1) is 18.9. The normalized spacial score (nSPS) is 16.2. The number of H-pyrrole nitrogens is 1. The van der Waals surface area contributed by atoms with Crippen molar-refractivity contribution < 1.29 is 13.2 Å². The van der Waals surface area contributed by atoms with Gasteiger partial charge in [-0.3, -0.25) is 4.79 Å². The van der Waals surface area contributed by atoms with Gasteiger partial charge in [0, 0.05) is 59.8 Å². The summed E-state index contributed by atoms with van der Waals surface area (Å²) in [6.45, 7) is 3.30. The second kappa shape index (κ2) is 7.50. The Labute approximate surface area is 167 Å². The van der Waals surface area contributed by atoms with Crippen molar-refractivity contribution in [1.82, 2.24) is 19.2 Å². The molecule has 3 aromatic rings. The highest BCUT2D eigenvalue weighted by molar-refractivity contribution is 7.89. The minimum Gasteiger partial charge on any atom is -0.345 e. The highest BCUT2D eigenvalue weighted by Gasteiger charge is 2.31. The third-order valence-corrected chi connectivity index (χ3v) is 7.64. The maximum Gasteiger partial charge on any atom is 0.246 e. The van der Waals surface area contributed by atoms with Crippen molar-refractivity contribution in [2.24, 2.45) is 0 Å². The topological polar surface area (TPSA) is 86.4 Å². The first-order valence-corrected chi connectivity index (χ1v) is 11.2. The number of aromatic nitrogens is 2. The number of piperazine rings is 1. The number of aromatic amines is 1. The van der Waals surface area contributed by atoms with Crippen molar-refractivity contribution in [1.29, 1.82) is 0 Å². The van der Waals surface area contributed by atoms with E-state index in [1.54, 1.807) is 40.6 Å². The number of rotatable bonds is 4. The van der Waals surface area contributed by atoms with E-state index in [0.717, 1.165) is 4.88 Å². The minimum absolute atomic E-state index is 0.0978. The van der Waals surface area contributed by atoms with E-state index in [1.165, 1.54) is 15.4 Å². The molecule has 7 nitrogen and oxygen atoms in total. The van der Waals surface area contributed by atoms with Gasteiger partial charge in [-0.2, -0.15) is 4.31 Å². The molecule has 0 spiro atoms. The third-order valence-electron chi connectivity index (χ3n) is 4.73. The predicted octanol–water partition coefficient (Wildman–Crippen LogP) is 2.48. The van der Waals surface area contributed by atoms with Crippen LogP contribution in [0.4, 0.5) is 0 Å². The van der Waals surface area contributed by atoms with E-state index in [2.05, 4.69) is 9.97 Å². The number of nitrogens with one attached hydrogen (secondary N) is 1. The molecule has 0 unspecified atom stereocenters. The minimum atomic E-state index is -3.64. The lowest BCUT2D eigenvalue weighted by atomic mass is 10.3. The van der Waals surface area contributed by atoms with Crippen LogP contribution in [0.25, 0.3) is 17.1 Å². The van der Waals surface area contributed by atoms with Gasteiger partial charge in [0.05, 0.1) is 0 Å². The summed E-state index contributed by atoms with van der Waals surface area (Å²) in [6, 6.07) is 7.44. The van der Waals surface area contributed by atoms with Gasteiger partial charge in [0.2, 0.25) is 15.9 Å². The molecule has 1 N–H and O–H groups in total. The van der Waals surface area contributed by atoms with Gasteiger partial charge in [0.1, 0.15) is 10.5 Å². The maximum absolute atomic E-state index is 13.0. The average Bonchev–Trinajstić information content (AvgIpc) is 3.32. The molecule has 4 heterocycles. The molecule has 1 fully saturated rings. The van der Waals surface area contributed by atoms with E-state index in [4.69, 9.17) is 0 Å². The van der Waals surface area contributed by atoms with Crippen molar-refractivity contribution in [3.8, 4) is 0 Å². The molecule has 1 amide bonds. The molecule has 0 bridgehead atoms. The van der Waals surface area contributed by atoms with Gasteiger partial charge in [-0.15, -0.1) is 11.3 Å². The zero-order valence-corrected chi connectivity index (χ0v) is 17.0. The maximum atomic E-state index is 13.0. The quantitative estimate of drug-likeness (QED) is 0.662. The van der Waals surface area contributed by atoms with Crippen LogP contribution in [-0.4, -0.2) is 59.7 Å². The summed E-state index contributed by atoms with van der Waals surface area (Å²) >= 11 is 1.63.